The van der Waals surface area contributed by atoms with E-state index in [0.717, 1.165) is 0 Å². The molecule has 1 fully saturated rings. The molecule has 228 valence electrons. The number of ether oxygens (including phenoxy) is 1. The van der Waals surface area contributed by atoms with Crippen LogP contribution in [-0.4, -0.2) is 69.4 Å². The molecule has 2 aromatic rings. The van der Waals surface area contributed by atoms with Crippen molar-refractivity contribution in [3.63, 3.8) is 0 Å². The van der Waals surface area contributed by atoms with Crippen molar-refractivity contribution in [3.8, 4) is 0 Å². The van der Waals surface area contributed by atoms with Crippen LogP contribution in [0, 0.1) is 0 Å². The number of rotatable bonds is 8. The third-order valence-electron chi connectivity index (χ3n) is 9.76. The second-order valence-corrected chi connectivity index (χ2v) is 30.9. The fourth-order valence-electron chi connectivity index (χ4n) is 3.88. The van der Waals surface area contributed by atoms with Crippen LogP contribution in [0.4, 0.5) is 0 Å². The minimum atomic E-state index is -2.24. The molecule has 1 aliphatic heterocycles. The van der Waals surface area contributed by atoms with Gasteiger partial charge in [0, 0.05) is 0 Å². The molecule has 0 saturated carbocycles. The summed E-state index contributed by atoms with van der Waals surface area (Å²) in [6.45, 7) is 34.6. The topological polar surface area (TPSA) is 80.5 Å². The Hall–Kier alpha value is -0.479. The molecule has 0 bridgehead atoms. The molecule has 3 rings (SSSR count). The van der Waals surface area contributed by atoms with E-state index in [1.54, 1.807) is 12.7 Å². The van der Waals surface area contributed by atoms with E-state index in [4.69, 9.17) is 18.0 Å². The number of halogens is 1. The van der Waals surface area contributed by atoms with Crippen LogP contribution in [0.25, 0.3) is 11.2 Å². The van der Waals surface area contributed by atoms with Crippen molar-refractivity contribution in [1.82, 2.24) is 19.5 Å². The number of fused-ring (bicyclic) bond motifs is 1. The highest BCUT2D eigenvalue weighted by atomic mass is 79.9. The molecule has 1 aliphatic rings. The Morgan fingerprint density at radius 2 is 1.27 bits per heavy atom. The lowest BCUT2D eigenvalue weighted by molar-refractivity contribution is -0.0470. The van der Waals surface area contributed by atoms with Crippen LogP contribution in [0.2, 0.25) is 54.4 Å². The van der Waals surface area contributed by atoms with Crippen LogP contribution in [0.1, 0.15) is 68.5 Å². The van der Waals surface area contributed by atoms with Crippen LogP contribution in [0.15, 0.2) is 17.3 Å². The van der Waals surface area contributed by atoms with Crippen molar-refractivity contribution >= 4 is 52.0 Å². The molecule has 0 unspecified atom stereocenters. The first-order chi connectivity index (χ1) is 17.9. The van der Waals surface area contributed by atoms with Crippen LogP contribution in [-0.2, 0) is 18.0 Å². The first-order valence-electron chi connectivity index (χ1n) is 14.4. The Labute approximate surface area is 253 Å². The first-order valence-corrected chi connectivity index (χ1v) is 23.9. The van der Waals surface area contributed by atoms with Crippen molar-refractivity contribution in [2.24, 2.45) is 0 Å². The summed E-state index contributed by atoms with van der Waals surface area (Å²) in [4.78, 5) is 13.5. The van der Waals surface area contributed by atoms with Crippen LogP contribution in [0.3, 0.4) is 0 Å². The summed E-state index contributed by atoms with van der Waals surface area (Å²) in [6, 6.07) is 0. The Kier molecular flexibility index (Phi) is 9.54. The van der Waals surface area contributed by atoms with Gasteiger partial charge >= 0.3 is 0 Å². The summed E-state index contributed by atoms with van der Waals surface area (Å²) < 4.78 is 30.8. The smallest absolute Gasteiger partial charge is 0.192 e. The van der Waals surface area contributed by atoms with Gasteiger partial charge in [0.25, 0.3) is 0 Å². The van der Waals surface area contributed by atoms with E-state index >= 15 is 0 Å². The van der Waals surface area contributed by atoms with Gasteiger partial charge < -0.3 is 18.0 Å². The molecule has 0 aliphatic carbocycles. The number of aromatic nitrogens is 4. The van der Waals surface area contributed by atoms with E-state index in [0.29, 0.717) is 22.4 Å². The maximum atomic E-state index is 7.24. The average molecular weight is 674 g/mol. The van der Waals surface area contributed by atoms with E-state index in [1.165, 1.54) is 0 Å². The largest absolute Gasteiger partial charge is 0.414 e. The minimum Gasteiger partial charge on any atom is -0.414 e. The second-order valence-electron chi connectivity index (χ2n) is 15.8. The van der Waals surface area contributed by atoms with Gasteiger partial charge in [0.15, 0.2) is 36.8 Å². The predicted octanol–water partition coefficient (Wildman–Crippen LogP) is 8.29. The lowest BCUT2D eigenvalue weighted by Gasteiger charge is -2.44. The molecule has 0 aromatic carbocycles. The second kappa shape index (κ2) is 11.2. The third-order valence-corrected chi connectivity index (χ3v) is 23.8. The van der Waals surface area contributed by atoms with E-state index < -0.39 is 31.2 Å². The van der Waals surface area contributed by atoms with E-state index in [-0.39, 0.29) is 33.4 Å². The summed E-state index contributed by atoms with van der Waals surface area (Å²) in [5.41, 5.74) is 1.40. The fraction of sp³-hybridized carbons (Fsp3) is 0.821. The standard InChI is InChI=1S/C28H53BrN4O4Si3/c1-26(2,3)38(10,11)34-16-19-21(36-39(12,13)27(4,5)6)22(37-40(14,15)28(7,8)9)25(35-19)33-18-32-20-23(29)30-17-31-24(20)33/h17-19,21-22,25H,16H2,1-15H3/t19-,21-,22-,25-/m1/s1. The predicted molar refractivity (Wildman–Crippen MR) is 174 cm³/mol. The van der Waals surface area contributed by atoms with Crippen molar-refractivity contribution in [1.29, 1.82) is 0 Å². The number of hydrogen-bond donors (Lipinski definition) is 0. The highest BCUT2D eigenvalue weighted by molar-refractivity contribution is 9.10. The number of imidazole rings is 1. The van der Waals surface area contributed by atoms with Gasteiger partial charge in [-0.2, -0.15) is 0 Å². The van der Waals surface area contributed by atoms with Gasteiger partial charge in [-0.05, 0) is 70.3 Å². The molecule has 1 saturated heterocycles. The van der Waals surface area contributed by atoms with Crippen molar-refractivity contribution < 1.29 is 18.0 Å². The highest BCUT2D eigenvalue weighted by Gasteiger charge is 2.55. The van der Waals surface area contributed by atoms with E-state index in [2.05, 4.69) is 132 Å². The SMILES string of the molecule is CC(C)(C)[Si](C)(C)OC[C@H]1O[C@@H](n2cnc3c(Br)ncnc32)[C@H](O[Si](C)(C)C(C)(C)C)[C@@H]1O[Si](C)(C)C(C)(C)C. The Bertz CT molecular complexity index is 1180. The molecule has 40 heavy (non-hydrogen) atoms. The van der Waals surface area contributed by atoms with Crippen LogP contribution < -0.4 is 0 Å². The maximum Gasteiger partial charge on any atom is 0.192 e. The van der Waals surface area contributed by atoms with Crippen molar-refractivity contribution in [2.75, 3.05) is 6.61 Å². The molecule has 0 amide bonds. The third kappa shape index (κ3) is 6.84. The number of nitrogens with zero attached hydrogens (tertiary/aromatic N) is 4. The van der Waals surface area contributed by atoms with E-state index in [9.17, 15) is 0 Å². The molecule has 8 nitrogen and oxygen atoms in total. The summed E-state index contributed by atoms with van der Waals surface area (Å²) in [5, 5.41) is 0.121. The Balaban J connectivity index is 2.15. The Morgan fingerprint density at radius 1 is 0.775 bits per heavy atom. The van der Waals surface area contributed by atoms with Gasteiger partial charge in [-0.15, -0.1) is 0 Å². The zero-order valence-electron chi connectivity index (χ0n) is 27.5. The zero-order valence-corrected chi connectivity index (χ0v) is 32.1. The summed E-state index contributed by atoms with van der Waals surface area (Å²) in [5.74, 6) is 0. The highest BCUT2D eigenvalue weighted by Crippen LogP contribution is 2.47. The molecule has 2 aromatic heterocycles. The van der Waals surface area contributed by atoms with E-state index in [1.807, 2.05) is 4.57 Å². The maximum absolute atomic E-state index is 7.24. The zero-order chi connectivity index (χ0) is 30.7. The molecule has 0 radical (unpaired) electrons. The van der Waals surface area contributed by atoms with Gasteiger partial charge in [-0.3, -0.25) is 4.57 Å². The van der Waals surface area contributed by atoms with Gasteiger partial charge in [-0.1, -0.05) is 62.3 Å². The van der Waals surface area contributed by atoms with Crippen LogP contribution >= 0.6 is 15.9 Å². The lowest BCUT2D eigenvalue weighted by Crippen LogP contribution is -2.54. The lowest BCUT2D eigenvalue weighted by atomic mass is 10.1. The summed E-state index contributed by atoms with van der Waals surface area (Å²) in [7, 11) is -6.49. The van der Waals surface area contributed by atoms with Gasteiger partial charge in [0.2, 0.25) is 0 Å². The average Bonchev–Trinajstić information content (AvgIpc) is 3.32. The van der Waals surface area contributed by atoms with Gasteiger partial charge in [0.05, 0.1) is 12.9 Å². The monoisotopic (exact) mass is 672 g/mol. The normalized spacial score (nSPS) is 23.8. The molecule has 0 N–H and O–H groups in total. The summed E-state index contributed by atoms with van der Waals surface area (Å²) >= 11 is 3.53. The summed E-state index contributed by atoms with van der Waals surface area (Å²) in [6.07, 6.45) is 1.92. The van der Waals surface area contributed by atoms with Gasteiger partial charge in [-0.25, -0.2) is 15.0 Å². The fourth-order valence-corrected chi connectivity index (χ4v) is 7.87. The molecule has 4 atom stereocenters. The molecule has 12 heteroatoms. The minimum absolute atomic E-state index is 0.0109. The molecular formula is C28H53BrN4O4Si3. The van der Waals surface area contributed by atoms with Crippen LogP contribution in [0.5, 0.6) is 0 Å². The molecule has 3 heterocycles. The molecule has 0 spiro atoms. The van der Waals surface area contributed by atoms with Crippen molar-refractivity contribution in [2.45, 2.75) is 141 Å². The first kappa shape index (κ1) is 34.0. The van der Waals surface area contributed by atoms with Gasteiger partial charge in [0.1, 0.15) is 34.8 Å². The molecular weight excluding hydrogens is 620 g/mol. The number of hydrogen-bond acceptors (Lipinski definition) is 7. The Morgan fingerprint density at radius 3 is 1.77 bits per heavy atom. The quantitative estimate of drug-likeness (QED) is 0.206. The van der Waals surface area contributed by atoms with Crippen molar-refractivity contribution in [3.05, 3.63) is 17.3 Å².